The molecule has 0 saturated heterocycles. The molecule has 0 unspecified atom stereocenters. The molecule has 0 aliphatic heterocycles. The minimum atomic E-state index is -2.37. The van der Waals surface area contributed by atoms with Crippen LogP contribution >= 0.6 is 30.1 Å². The summed E-state index contributed by atoms with van der Waals surface area (Å²) in [7, 11) is 2.59. The fraction of sp³-hybridized carbons (Fsp3) is 0.500. The fourth-order valence-electron chi connectivity index (χ4n) is 2.09. The number of halogens is 6. The molecule has 28 heavy (non-hydrogen) atoms. The van der Waals surface area contributed by atoms with Gasteiger partial charge in [-0.3, -0.25) is 4.90 Å². The normalized spacial score (nSPS) is 12.1. The Morgan fingerprint density at radius 3 is 2.00 bits per heavy atom. The standard InChI is InChI=1S/C16H17F5INO4S/c1-7(2)6-8(23(3)16(25)26-4-5-28-22)15(24)27-14-12(20)10(18)9(17)11(19)13(14)21/h7-8H,4-6H2,1-3H3/t8-/m0/s1. The van der Waals surface area contributed by atoms with E-state index in [2.05, 4.69) is 4.74 Å². The maximum atomic E-state index is 13.7. The monoisotopic (exact) mass is 541 g/mol. The van der Waals surface area contributed by atoms with E-state index in [1.54, 1.807) is 13.8 Å². The van der Waals surface area contributed by atoms with E-state index in [9.17, 15) is 31.5 Å². The summed E-state index contributed by atoms with van der Waals surface area (Å²) in [5.74, 6) is -14.2. The summed E-state index contributed by atoms with van der Waals surface area (Å²) in [4.78, 5) is 25.3. The van der Waals surface area contributed by atoms with Gasteiger partial charge in [-0.25, -0.2) is 22.8 Å². The number of hydrogen-bond donors (Lipinski definition) is 0. The predicted octanol–water partition coefficient (Wildman–Crippen LogP) is 4.85. The van der Waals surface area contributed by atoms with E-state index in [1.807, 2.05) is 21.2 Å². The van der Waals surface area contributed by atoms with Gasteiger partial charge in [-0.15, -0.1) is 0 Å². The van der Waals surface area contributed by atoms with Gasteiger partial charge in [0, 0.05) is 12.8 Å². The highest BCUT2D eigenvalue weighted by Gasteiger charge is 2.34. The molecule has 0 bridgehead atoms. The van der Waals surface area contributed by atoms with Gasteiger partial charge in [0.1, 0.15) is 12.6 Å². The molecule has 1 amide bonds. The van der Waals surface area contributed by atoms with Gasteiger partial charge in [-0.05, 0) is 33.5 Å². The summed E-state index contributed by atoms with van der Waals surface area (Å²) in [6, 6.07) is -1.37. The lowest BCUT2D eigenvalue weighted by atomic mass is 10.0. The van der Waals surface area contributed by atoms with Crippen LogP contribution in [0.5, 0.6) is 5.75 Å². The first-order chi connectivity index (χ1) is 13.0. The second kappa shape index (κ2) is 11.0. The molecule has 0 saturated carbocycles. The van der Waals surface area contributed by atoms with Crippen LogP contribution in [0.1, 0.15) is 20.3 Å². The minimum absolute atomic E-state index is 0.000858. The highest BCUT2D eigenvalue weighted by atomic mass is 127. The molecule has 158 valence electrons. The van der Waals surface area contributed by atoms with E-state index in [0.29, 0.717) is 5.75 Å². The van der Waals surface area contributed by atoms with E-state index in [-0.39, 0.29) is 18.9 Å². The number of ether oxygens (including phenoxy) is 2. The maximum absolute atomic E-state index is 13.7. The zero-order valence-corrected chi connectivity index (χ0v) is 18.0. The van der Waals surface area contributed by atoms with Crippen LogP contribution in [0.2, 0.25) is 0 Å². The van der Waals surface area contributed by atoms with Gasteiger partial charge in [0.2, 0.25) is 34.8 Å². The zero-order valence-electron chi connectivity index (χ0n) is 15.0. The molecule has 5 nitrogen and oxygen atoms in total. The second-order valence-corrected chi connectivity index (χ2v) is 8.50. The Balaban J connectivity index is 3.11. The fourth-order valence-corrected chi connectivity index (χ4v) is 2.78. The predicted molar refractivity (Wildman–Crippen MR) is 101 cm³/mol. The Bertz CT molecular complexity index is 708. The first-order valence-electron chi connectivity index (χ1n) is 7.89. The van der Waals surface area contributed by atoms with Gasteiger partial charge in [-0.2, -0.15) is 8.78 Å². The molecule has 12 heteroatoms. The van der Waals surface area contributed by atoms with Crippen molar-refractivity contribution in [1.29, 1.82) is 0 Å². The Morgan fingerprint density at radius 2 is 1.54 bits per heavy atom. The minimum Gasteiger partial charge on any atom is -0.448 e. The van der Waals surface area contributed by atoms with Crippen molar-refractivity contribution in [2.24, 2.45) is 5.92 Å². The summed E-state index contributed by atoms with van der Waals surface area (Å²) >= 11 is 2.00. The highest BCUT2D eigenvalue weighted by Crippen LogP contribution is 2.30. The number of carbonyl (C=O) groups is 2. The van der Waals surface area contributed by atoms with E-state index >= 15 is 0 Å². The first kappa shape index (κ1) is 24.7. The SMILES string of the molecule is CC(C)C[C@@H](C(=O)Oc1c(F)c(F)c(F)c(F)c1F)N(C)C(=O)OCCSI. The van der Waals surface area contributed by atoms with Crippen LogP contribution in [0.3, 0.4) is 0 Å². The van der Waals surface area contributed by atoms with E-state index in [4.69, 9.17) is 4.74 Å². The third-order valence-electron chi connectivity index (χ3n) is 3.48. The van der Waals surface area contributed by atoms with E-state index in [1.165, 1.54) is 16.0 Å². The summed E-state index contributed by atoms with van der Waals surface area (Å²) in [6.07, 6.45) is -0.897. The highest BCUT2D eigenvalue weighted by molar-refractivity contribution is 14.2. The average Bonchev–Trinajstić information content (AvgIpc) is 2.65. The second-order valence-electron chi connectivity index (χ2n) is 6.00. The van der Waals surface area contributed by atoms with Crippen LogP contribution in [-0.2, 0) is 9.53 Å². The molecule has 0 N–H and O–H groups in total. The molecule has 1 rings (SSSR count). The number of carbonyl (C=O) groups excluding carboxylic acids is 2. The molecule has 1 atom stereocenters. The molecule has 0 radical (unpaired) electrons. The third-order valence-corrected chi connectivity index (χ3v) is 5.12. The van der Waals surface area contributed by atoms with Crippen molar-refractivity contribution in [3.05, 3.63) is 29.1 Å². The number of esters is 1. The number of likely N-dealkylation sites (N-methyl/N-ethyl adjacent to an activating group) is 1. The molecular formula is C16H17F5INO4S. The van der Waals surface area contributed by atoms with Crippen LogP contribution in [0.25, 0.3) is 0 Å². The summed E-state index contributed by atoms with van der Waals surface area (Å²) in [5, 5.41) is 0. The van der Waals surface area contributed by atoms with Crippen LogP contribution in [0.15, 0.2) is 0 Å². The van der Waals surface area contributed by atoms with Crippen molar-refractivity contribution in [2.45, 2.75) is 26.3 Å². The van der Waals surface area contributed by atoms with E-state index < -0.39 is 52.9 Å². The Kier molecular flexibility index (Phi) is 9.74. The number of rotatable bonds is 8. The number of amides is 1. The van der Waals surface area contributed by atoms with Crippen LogP contribution in [0, 0.1) is 35.0 Å². The molecule has 1 aromatic carbocycles. The molecule has 0 spiro atoms. The van der Waals surface area contributed by atoms with Gasteiger partial charge >= 0.3 is 12.1 Å². The summed E-state index contributed by atoms with van der Waals surface area (Å²) in [5.41, 5.74) is 0. The van der Waals surface area contributed by atoms with Crippen LogP contribution in [-0.4, -0.2) is 42.4 Å². The lowest BCUT2D eigenvalue weighted by molar-refractivity contribution is -0.140. The van der Waals surface area contributed by atoms with Gasteiger partial charge in [-0.1, -0.05) is 22.8 Å². The van der Waals surface area contributed by atoms with Crippen molar-refractivity contribution in [3.63, 3.8) is 0 Å². The number of hydrogen-bond acceptors (Lipinski definition) is 5. The molecule has 0 aromatic heterocycles. The smallest absolute Gasteiger partial charge is 0.410 e. The topological polar surface area (TPSA) is 55.8 Å². The van der Waals surface area contributed by atoms with Gasteiger partial charge in [0.15, 0.2) is 0 Å². The zero-order chi connectivity index (χ0) is 21.6. The average molecular weight is 541 g/mol. The summed E-state index contributed by atoms with van der Waals surface area (Å²) < 4.78 is 76.6. The molecular weight excluding hydrogens is 524 g/mol. The van der Waals surface area contributed by atoms with Gasteiger partial charge in [0.25, 0.3) is 0 Å². The Morgan fingerprint density at radius 1 is 1.04 bits per heavy atom. The van der Waals surface area contributed by atoms with Crippen LogP contribution in [0.4, 0.5) is 26.7 Å². The van der Waals surface area contributed by atoms with Crippen molar-refractivity contribution in [3.8, 4) is 5.75 Å². The molecule has 0 aliphatic rings. The largest absolute Gasteiger partial charge is 0.448 e. The molecule has 1 aromatic rings. The quantitative estimate of drug-likeness (QED) is 0.0896. The molecule has 0 aliphatic carbocycles. The van der Waals surface area contributed by atoms with Crippen molar-refractivity contribution in [2.75, 3.05) is 19.4 Å². The third kappa shape index (κ3) is 6.09. The molecule has 0 fully saturated rings. The lowest BCUT2D eigenvalue weighted by Crippen LogP contribution is -2.45. The number of nitrogens with zero attached hydrogens (tertiary/aromatic N) is 1. The van der Waals surface area contributed by atoms with E-state index in [0.717, 1.165) is 4.90 Å². The van der Waals surface area contributed by atoms with Crippen molar-refractivity contribution in [1.82, 2.24) is 4.90 Å². The first-order valence-corrected chi connectivity index (χ1v) is 11.4. The number of benzene rings is 1. The van der Waals surface area contributed by atoms with Crippen molar-refractivity contribution < 1.29 is 41.0 Å². The Labute approximate surface area is 174 Å². The van der Waals surface area contributed by atoms with Crippen molar-refractivity contribution >= 4 is 42.2 Å². The maximum Gasteiger partial charge on any atom is 0.410 e. The lowest BCUT2D eigenvalue weighted by Gasteiger charge is -2.27. The molecule has 0 heterocycles. The summed E-state index contributed by atoms with van der Waals surface area (Å²) in [6.45, 7) is 3.45. The Hall–Kier alpha value is -1.31. The van der Waals surface area contributed by atoms with Gasteiger partial charge < -0.3 is 9.47 Å². The van der Waals surface area contributed by atoms with Crippen LogP contribution < -0.4 is 4.74 Å². The van der Waals surface area contributed by atoms with Gasteiger partial charge in [0.05, 0.1) is 0 Å².